The minimum absolute atomic E-state index is 0.0573. The molecule has 0 saturated carbocycles. The molecule has 1 unspecified atom stereocenters. The van der Waals surface area contributed by atoms with Crippen molar-refractivity contribution >= 4 is 17.0 Å². The zero-order valence-corrected chi connectivity index (χ0v) is 14.2. The van der Waals surface area contributed by atoms with E-state index < -0.39 is 0 Å². The number of aromatic nitrogens is 4. The Labute approximate surface area is 136 Å². The molecule has 1 atom stereocenters. The highest BCUT2D eigenvalue weighted by Gasteiger charge is 2.23. The van der Waals surface area contributed by atoms with Crippen LogP contribution in [0.3, 0.4) is 0 Å². The first-order valence-corrected chi connectivity index (χ1v) is 8.48. The number of fused-ring (bicyclic) bond motifs is 1. The van der Waals surface area contributed by atoms with E-state index in [1.165, 1.54) is 0 Å². The summed E-state index contributed by atoms with van der Waals surface area (Å²) in [5.41, 5.74) is 7.37. The van der Waals surface area contributed by atoms with Crippen LogP contribution in [0.25, 0.3) is 11.0 Å². The van der Waals surface area contributed by atoms with Gasteiger partial charge in [-0.3, -0.25) is 4.79 Å². The van der Waals surface area contributed by atoms with Gasteiger partial charge < -0.3 is 15.2 Å². The minimum atomic E-state index is -0.0573. The standard InChI is InChI=1S/C16H26N6O/c1-4-21-14-13(8-18-22(15(14)23)9-11(2)3)19-16(21)20-7-5-6-12(17)10-20/h8,11-12H,4-7,9-10,17H2,1-3H3. The SMILES string of the molecule is CCn1c(N2CCCC(N)C2)nc2cnn(CC(C)C)c(=O)c21. The molecular weight excluding hydrogens is 292 g/mol. The maximum absolute atomic E-state index is 12.8. The quantitative estimate of drug-likeness (QED) is 0.916. The third-order valence-electron chi connectivity index (χ3n) is 4.33. The third kappa shape index (κ3) is 2.97. The number of nitrogens with zero attached hydrogens (tertiary/aromatic N) is 5. The lowest BCUT2D eigenvalue weighted by atomic mass is 10.1. The van der Waals surface area contributed by atoms with Crippen LogP contribution in [0.1, 0.15) is 33.6 Å². The molecule has 0 aliphatic carbocycles. The number of aryl methyl sites for hydroxylation is 1. The first-order chi connectivity index (χ1) is 11.0. The summed E-state index contributed by atoms with van der Waals surface area (Å²) in [5, 5.41) is 4.28. The van der Waals surface area contributed by atoms with E-state index in [2.05, 4.69) is 28.8 Å². The highest BCUT2D eigenvalue weighted by Crippen LogP contribution is 2.22. The van der Waals surface area contributed by atoms with Gasteiger partial charge in [-0.05, 0) is 25.7 Å². The number of rotatable bonds is 4. The van der Waals surface area contributed by atoms with Crippen LogP contribution in [-0.2, 0) is 13.1 Å². The molecule has 2 N–H and O–H groups in total. The highest BCUT2D eigenvalue weighted by atomic mass is 16.1. The second-order valence-electron chi connectivity index (χ2n) is 6.76. The number of hydrogen-bond donors (Lipinski definition) is 1. The van der Waals surface area contributed by atoms with Crippen LogP contribution >= 0.6 is 0 Å². The third-order valence-corrected chi connectivity index (χ3v) is 4.33. The molecule has 1 aliphatic rings. The number of anilines is 1. The fourth-order valence-electron chi connectivity index (χ4n) is 3.28. The normalized spacial score (nSPS) is 19.0. The molecule has 1 fully saturated rings. The lowest BCUT2D eigenvalue weighted by Crippen LogP contribution is -2.44. The largest absolute Gasteiger partial charge is 0.341 e. The van der Waals surface area contributed by atoms with E-state index in [0.717, 1.165) is 31.9 Å². The molecule has 126 valence electrons. The van der Waals surface area contributed by atoms with Gasteiger partial charge in [0.1, 0.15) is 11.0 Å². The summed E-state index contributed by atoms with van der Waals surface area (Å²) < 4.78 is 3.56. The van der Waals surface area contributed by atoms with E-state index in [4.69, 9.17) is 5.73 Å². The van der Waals surface area contributed by atoms with Gasteiger partial charge in [0.15, 0.2) is 0 Å². The Morgan fingerprint density at radius 1 is 1.43 bits per heavy atom. The first kappa shape index (κ1) is 16.0. The Balaban J connectivity index is 2.10. The molecule has 7 nitrogen and oxygen atoms in total. The lowest BCUT2D eigenvalue weighted by Gasteiger charge is -2.31. The number of piperidine rings is 1. The number of imidazole rings is 1. The average Bonchev–Trinajstić information content (AvgIpc) is 2.89. The molecular formula is C16H26N6O. The summed E-state index contributed by atoms with van der Waals surface area (Å²) in [6.07, 6.45) is 3.81. The van der Waals surface area contributed by atoms with Gasteiger partial charge >= 0.3 is 0 Å². The van der Waals surface area contributed by atoms with Crippen molar-refractivity contribution < 1.29 is 0 Å². The first-order valence-electron chi connectivity index (χ1n) is 8.48. The fraction of sp³-hybridized carbons (Fsp3) is 0.688. The van der Waals surface area contributed by atoms with Gasteiger partial charge in [0.05, 0.1) is 6.20 Å². The number of nitrogens with two attached hydrogens (primary N) is 1. The molecule has 7 heteroatoms. The summed E-state index contributed by atoms with van der Waals surface area (Å²) in [4.78, 5) is 19.7. The monoisotopic (exact) mass is 318 g/mol. The van der Waals surface area contributed by atoms with Crippen molar-refractivity contribution in [2.45, 2.75) is 52.7 Å². The molecule has 3 heterocycles. The predicted octanol–water partition coefficient (Wildman–Crippen LogP) is 1.20. The average molecular weight is 318 g/mol. The molecule has 3 rings (SSSR count). The van der Waals surface area contributed by atoms with E-state index >= 15 is 0 Å². The lowest BCUT2D eigenvalue weighted by molar-refractivity contribution is 0.465. The molecule has 0 spiro atoms. The molecule has 1 saturated heterocycles. The van der Waals surface area contributed by atoms with Crippen LogP contribution in [0.15, 0.2) is 11.0 Å². The van der Waals surface area contributed by atoms with E-state index in [1.807, 2.05) is 11.5 Å². The van der Waals surface area contributed by atoms with E-state index in [1.54, 1.807) is 10.9 Å². The minimum Gasteiger partial charge on any atom is -0.341 e. The van der Waals surface area contributed by atoms with Crippen molar-refractivity contribution in [1.29, 1.82) is 0 Å². The molecule has 1 aliphatic heterocycles. The predicted molar refractivity (Wildman–Crippen MR) is 91.7 cm³/mol. The van der Waals surface area contributed by atoms with Gasteiger partial charge in [-0.2, -0.15) is 5.10 Å². The Bertz CT molecular complexity index is 747. The summed E-state index contributed by atoms with van der Waals surface area (Å²) in [7, 11) is 0. The van der Waals surface area contributed by atoms with Crippen LogP contribution < -0.4 is 16.2 Å². The topological polar surface area (TPSA) is 82.0 Å². The second kappa shape index (κ2) is 6.31. The number of hydrogen-bond acceptors (Lipinski definition) is 5. The van der Waals surface area contributed by atoms with Crippen LogP contribution in [0.5, 0.6) is 0 Å². The van der Waals surface area contributed by atoms with Crippen molar-refractivity contribution in [1.82, 2.24) is 19.3 Å². The fourth-order valence-corrected chi connectivity index (χ4v) is 3.28. The Morgan fingerprint density at radius 3 is 2.87 bits per heavy atom. The van der Waals surface area contributed by atoms with Crippen molar-refractivity contribution in [3.05, 3.63) is 16.6 Å². The summed E-state index contributed by atoms with van der Waals surface area (Å²) >= 11 is 0. The summed E-state index contributed by atoms with van der Waals surface area (Å²) in [5.74, 6) is 1.22. The molecule has 23 heavy (non-hydrogen) atoms. The van der Waals surface area contributed by atoms with Crippen molar-refractivity contribution in [3.63, 3.8) is 0 Å². The van der Waals surface area contributed by atoms with Gasteiger partial charge in [-0.1, -0.05) is 13.8 Å². The summed E-state index contributed by atoms with van der Waals surface area (Å²) in [6, 6.07) is 0.171. The van der Waals surface area contributed by atoms with Gasteiger partial charge in [0, 0.05) is 32.2 Å². The Hall–Kier alpha value is -1.89. The molecule has 0 radical (unpaired) electrons. The molecule has 0 aromatic carbocycles. The zero-order valence-electron chi connectivity index (χ0n) is 14.2. The zero-order chi connectivity index (χ0) is 16.6. The Kier molecular flexibility index (Phi) is 4.39. The molecule has 0 bridgehead atoms. The maximum Gasteiger partial charge on any atom is 0.292 e. The maximum atomic E-state index is 12.8. The van der Waals surface area contributed by atoms with Gasteiger partial charge in [0.25, 0.3) is 5.56 Å². The van der Waals surface area contributed by atoms with Crippen molar-refractivity contribution in [3.8, 4) is 0 Å². The smallest absolute Gasteiger partial charge is 0.292 e. The van der Waals surface area contributed by atoms with Gasteiger partial charge in [0.2, 0.25) is 5.95 Å². The molecule has 2 aromatic heterocycles. The van der Waals surface area contributed by atoms with Crippen molar-refractivity contribution in [2.75, 3.05) is 18.0 Å². The van der Waals surface area contributed by atoms with Crippen molar-refractivity contribution in [2.24, 2.45) is 11.7 Å². The van der Waals surface area contributed by atoms with Gasteiger partial charge in [-0.15, -0.1) is 0 Å². The van der Waals surface area contributed by atoms with E-state index in [0.29, 0.717) is 30.0 Å². The van der Waals surface area contributed by atoms with Crippen LogP contribution in [0, 0.1) is 5.92 Å². The second-order valence-corrected chi connectivity index (χ2v) is 6.76. The van der Waals surface area contributed by atoms with E-state index in [9.17, 15) is 4.79 Å². The van der Waals surface area contributed by atoms with Gasteiger partial charge in [-0.25, -0.2) is 9.67 Å². The van der Waals surface area contributed by atoms with E-state index in [-0.39, 0.29) is 11.6 Å². The highest BCUT2D eigenvalue weighted by molar-refractivity contribution is 5.77. The summed E-state index contributed by atoms with van der Waals surface area (Å²) in [6.45, 7) is 9.25. The molecule has 0 amide bonds. The Morgan fingerprint density at radius 2 is 2.22 bits per heavy atom. The van der Waals surface area contributed by atoms with Crippen LogP contribution in [0.2, 0.25) is 0 Å². The van der Waals surface area contributed by atoms with Crippen LogP contribution in [0.4, 0.5) is 5.95 Å². The molecule has 2 aromatic rings. The van der Waals surface area contributed by atoms with Crippen LogP contribution in [-0.4, -0.2) is 38.5 Å².